The van der Waals surface area contributed by atoms with Gasteiger partial charge in [-0.15, -0.1) is 0 Å². The molecule has 0 spiro atoms. The average molecular weight is 286 g/mol. The minimum absolute atomic E-state index is 0.268. The van der Waals surface area contributed by atoms with Crippen molar-refractivity contribution in [3.8, 4) is 0 Å². The molecular formula is C12H16BrNO2. The normalized spacial score (nSPS) is 30.4. The predicted octanol–water partition coefficient (Wildman–Crippen LogP) is 2.28. The van der Waals surface area contributed by atoms with Crippen molar-refractivity contribution in [3.63, 3.8) is 0 Å². The second kappa shape index (κ2) is 4.43. The van der Waals surface area contributed by atoms with E-state index in [0.717, 1.165) is 15.7 Å². The highest BCUT2D eigenvalue weighted by Crippen LogP contribution is 2.37. The lowest BCUT2D eigenvalue weighted by molar-refractivity contribution is -0.0396. The number of hydrogen-bond acceptors (Lipinski definition) is 3. The molecule has 0 atom stereocenters. The second-order valence-electron chi connectivity index (χ2n) is 4.58. The molecule has 1 aromatic rings. The zero-order chi connectivity index (χ0) is 11.8. The van der Waals surface area contributed by atoms with Crippen LogP contribution in [0.15, 0.2) is 16.7 Å². The van der Waals surface area contributed by atoms with Gasteiger partial charge in [0.05, 0.1) is 11.8 Å². The van der Waals surface area contributed by atoms with Crippen molar-refractivity contribution in [2.24, 2.45) is 0 Å². The number of aryl methyl sites for hydroxylation is 1. The summed E-state index contributed by atoms with van der Waals surface area (Å²) in [6.45, 7) is 1.95. The van der Waals surface area contributed by atoms with Crippen molar-refractivity contribution in [2.45, 2.75) is 44.3 Å². The van der Waals surface area contributed by atoms with E-state index in [2.05, 4.69) is 20.9 Å². The van der Waals surface area contributed by atoms with Gasteiger partial charge in [-0.25, -0.2) is 0 Å². The molecular weight excluding hydrogens is 270 g/mol. The molecule has 1 saturated carbocycles. The monoisotopic (exact) mass is 285 g/mol. The van der Waals surface area contributed by atoms with Gasteiger partial charge in [0, 0.05) is 10.7 Å². The molecule has 0 aliphatic heterocycles. The Kier molecular flexibility index (Phi) is 3.33. The summed E-state index contributed by atoms with van der Waals surface area (Å²) in [6.07, 6.45) is 3.91. The lowest BCUT2D eigenvalue weighted by Gasteiger charge is -2.34. The van der Waals surface area contributed by atoms with Gasteiger partial charge in [0.2, 0.25) is 0 Å². The Bertz CT molecular complexity index is 387. The van der Waals surface area contributed by atoms with Gasteiger partial charge in [0.1, 0.15) is 5.60 Å². The zero-order valence-corrected chi connectivity index (χ0v) is 10.9. The summed E-state index contributed by atoms with van der Waals surface area (Å²) in [5.74, 6) is 0. The van der Waals surface area contributed by atoms with Crippen LogP contribution in [-0.4, -0.2) is 21.3 Å². The highest BCUT2D eigenvalue weighted by atomic mass is 79.9. The van der Waals surface area contributed by atoms with E-state index >= 15 is 0 Å². The van der Waals surface area contributed by atoms with Gasteiger partial charge in [0.15, 0.2) is 0 Å². The number of halogens is 1. The van der Waals surface area contributed by atoms with Gasteiger partial charge in [-0.05, 0) is 60.2 Å². The Morgan fingerprint density at radius 2 is 2.06 bits per heavy atom. The fraction of sp³-hybridized carbons (Fsp3) is 0.583. The third-order valence-corrected chi connectivity index (χ3v) is 3.70. The van der Waals surface area contributed by atoms with Crippen LogP contribution in [-0.2, 0) is 5.60 Å². The molecule has 1 aliphatic rings. The first-order chi connectivity index (χ1) is 7.51. The summed E-state index contributed by atoms with van der Waals surface area (Å²) < 4.78 is 0.924. The number of hydrogen-bond donors (Lipinski definition) is 2. The van der Waals surface area contributed by atoms with Crippen LogP contribution in [0.25, 0.3) is 0 Å². The van der Waals surface area contributed by atoms with E-state index in [0.29, 0.717) is 25.7 Å². The van der Waals surface area contributed by atoms with Crippen LogP contribution in [0.2, 0.25) is 0 Å². The summed E-state index contributed by atoms with van der Waals surface area (Å²) in [5.41, 5.74) is 0.889. The third kappa shape index (κ3) is 2.29. The summed E-state index contributed by atoms with van der Waals surface area (Å²) in [7, 11) is 0. The first kappa shape index (κ1) is 12.0. The molecule has 16 heavy (non-hydrogen) atoms. The van der Waals surface area contributed by atoms with E-state index in [1.807, 2.05) is 13.0 Å². The van der Waals surface area contributed by atoms with E-state index < -0.39 is 5.60 Å². The molecule has 0 aromatic carbocycles. The average Bonchev–Trinajstić information content (AvgIpc) is 2.22. The number of aliphatic hydroxyl groups is 2. The Hall–Kier alpha value is -0.450. The Labute approximate surface area is 104 Å². The first-order valence-corrected chi connectivity index (χ1v) is 6.34. The van der Waals surface area contributed by atoms with Gasteiger partial charge >= 0.3 is 0 Å². The first-order valence-electron chi connectivity index (χ1n) is 5.54. The molecule has 0 radical (unpaired) electrons. The third-order valence-electron chi connectivity index (χ3n) is 3.27. The number of rotatable bonds is 1. The SMILES string of the molecule is Cc1cc(Br)cnc1C1(O)CCC(O)CC1. The molecule has 1 heterocycles. The van der Waals surface area contributed by atoms with Crippen LogP contribution >= 0.6 is 15.9 Å². The molecule has 0 bridgehead atoms. The number of aliphatic hydroxyl groups excluding tert-OH is 1. The lowest BCUT2D eigenvalue weighted by Crippen LogP contribution is -2.34. The van der Waals surface area contributed by atoms with Crippen LogP contribution in [0, 0.1) is 6.92 Å². The Morgan fingerprint density at radius 1 is 1.44 bits per heavy atom. The lowest BCUT2D eigenvalue weighted by atomic mass is 9.79. The topological polar surface area (TPSA) is 53.4 Å². The highest BCUT2D eigenvalue weighted by molar-refractivity contribution is 9.10. The fourth-order valence-electron chi connectivity index (χ4n) is 2.34. The van der Waals surface area contributed by atoms with Crippen molar-refractivity contribution in [2.75, 3.05) is 0 Å². The minimum atomic E-state index is -0.857. The maximum atomic E-state index is 10.5. The molecule has 88 valence electrons. The summed E-state index contributed by atoms with van der Waals surface area (Å²) in [6, 6.07) is 1.96. The van der Waals surface area contributed by atoms with Crippen LogP contribution < -0.4 is 0 Å². The Morgan fingerprint density at radius 3 is 2.62 bits per heavy atom. The molecule has 1 aliphatic carbocycles. The van der Waals surface area contributed by atoms with Crippen molar-refractivity contribution < 1.29 is 10.2 Å². The molecule has 4 heteroatoms. The molecule has 0 amide bonds. The van der Waals surface area contributed by atoms with E-state index in [1.54, 1.807) is 6.20 Å². The van der Waals surface area contributed by atoms with Gasteiger partial charge < -0.3 is 10.2 Å². The molecule has 0 saturated heterocycles. The molecule has 2 N–H and O–H groups in total. The van der Waals surface area contributed by atoms with Crippen molar-refractivity contribution >= 4 is 15.9 Å². The maximum Gasteiger partial charge on any atom is 0.107 e. The zero-order valence-electron chi connectivity index (χ0n) is 9.28. The molecule has 1 aromatic heterocycles. The van der Waals surface area contributed by atoms with Crippen LogP contribution in [0.3, 0.4) is 0 Å². The molecule has 3 nitrogen and oxygen atoms in total. The van der Waals surface area contributed by atoms with Gasteiger partial charge in [-0.1, -0.05) is 0 Å². The smallest absolute Gasteiger partial charge is 0.107 e. The molecule has 1 fully saturated rings. The maximum absolute atomic E-state index is 10.5. The number of pyridine rings is 1. The van der Waals surface area contributed by atoms with E-state index in [9.17, 15) is 10.2 Å². The molecule has 2 rings (SSSR count). The van der Waals surface area contributed by atoms with E-state index in [-0.39, 0.29) is 6.10 Å². The van der Waals surface area contributed by atoms with Crippen LogP contribution in [0.1, 0.15) is 36.9 Å². The number of nitrogens with zero attached hydrogens (tertiary/aromatic N) is 1. The predicted molar refractivity (Wildman–Crippen MR) is 65.0 cm³/mol. The molecule has 0 unspecified atom stereocenters. The fourth-order valence-corrected chi connectivity index (χ4v) is 2.79. The van der Waals surface area contributed by atoms with Crippen LogP contribution in [0.4, 0.5) is 0 Å². The van der Waals surface area contributed by atoms with Gasteiger partial charge in [-0.2, -0.15) is 0 Å². The van der Waals surface area contributed by atoms with Crippen molar-refractivity contribution in [3.05, 3.63) is 28.0 Å². The van der Waals surface area contributed by atoms with Crippen LogP contribution in [0.5, 0.6) is 0 Å². The van der Waals surface area contributed by atoms with E-state index in [4.69, 9.17) is 0 Å². The van der Waals surface area contributed by atoms with Crippen molar-refractivity contribution in [1.82, 2.24) is 4.98 Å². The second-order valence-corrected chi connectivity index (χ2v) is 5.50. The highest BCUT2D eigenvalue weighted by Gasteiger charge is 2.36. The van der Waals surface area contributed by atoms with Gasteiger partial charge in [-0.3, -0.25) is 4.98 Å². The largest absolute Gasteiger partial charge is 0.393 e. The minimum Gasteiger partial charge on any atom is -0.393 e. The van der Waals surface area contributed by atoms with Gasteiger partial charge in [0.25, 0.3) is 0 Å². The summed E-state index contributed by atoms with van der Waals surface area (Å²) in [5, 5.41) is 20.0. The van der Waals surface area contributed by atoms with E-state index in [1.165, 1.54) is 0 Å². The number of aromatic nitrogens is 1. The summed E-state index contributed by atoms with van der Waals surface area (Å²) in [4.78, 5) is 4.32. The quantitative estimate of drug-likeness (QED) is 0.832. The van der Waals surface area contributed by atoms with Crippen molar-refractivity contribution in [1.29, 1.82) is 0 Å². The Balaban J connectivity index is 2.29. The standard InChI is InChI=1S/C12H16BrNO2/c1-8-6-9(13)7-14-11(8)12(16)4-2-10(15)3-5-12/h6-7,10,15-16H,2-5H2,1H3. The summed E-state index contributed by atoms with van der Waals surface area (Å²) >= 11 is 3.36.